The number of hydrogen-bond donors (Lipinski definition) is 0. The molecule has 0 nitrogen and oxygen atoms in total. The first-order chi connectivity index (χ1) is 11.6. The molecule has 0 saturated heterocycles. The average molecular weight is 333 g/mol. The summed E-state index contributed by atoms with van der Waals surface area (Å²) in [5.41, 5.74) is 0. The van der Waals surface area contributed by atoms with Crippen LogP contribution in [0.1, 0.15) is 105 Å². The standard InChI is InChI=1S/C24H44/c1-5-19-12-13-22(16-20(19)6-2)24-15-14-21-11-10-18(4)23(21)9-7-8-17(24)3/h17-24H,5-16H2,1-4H3. The molecule has 0 aliphatic heterocycles. The Bertz CT molecular complexity index is 372. The van der Waals surface area contributed by atoms with Crippen molar-refractivity contribution < 1.29 is 0 Å². The third kappa shape index (κ3) is 4.04. The quantitative estimate of drug-likeness (QED) is 0.496. The van der Waals surface area contributed by atoms with E-state index in [1.54, 1.807) is 38.5 Å². The molecule has 0 aromatic heterocycles. The van der Waals surface area contributed by atoms with Gasteiger partial charge >= 0.3 is 0 Å². The molecule has 0 N–H and O–H groups in total. The first kappa shape index (κ1) is 18.8. The normalized spacial score (nSPS) is 47.5. The molecule has 3 saturated carbocycles. The van der Waals surface area contributed by atoms with Gasteiger partial charge < -0.3 is 0 Å². The lowest BCUT2D eigenvalue weighted by molar-refractivity contribution is 0.0926. The van der Waals surface area contributed by atoms with Crippen LogP contribution in [0.25, 0.3) is 0 Å². The molecule has 3 aliphatic rings. The zero-order chi connectivity index (χ0) is 17.1. The Morgan fingerprint density at radius 3 is 1.96 bits per heavy atom. The second-order valence-electron chi connectivity index (χ2n) is 10.0. The third-order valence-electron chi connectivity index (χ3n) is 8.96. The van der Waals surface area contributed by atoms with Gasteiger partial charge in [0.25, 0.3) is 0 Å². The van der Waals surface area contributed by atoms with Crippen LogP contribution in [-0.2, 0) is 0 Å². The van der Waals surface area contributed by atoms with Gasteiger partial charge in [0.05, 0.1) is 0 Å². The van der Waals surface area contributed by atoms with Crippen LogP contribution in [0.3, 0.4) is 0 Å². The summed E-state index contributed by atoms with van der Waals surface area (Å²) in [5.74, 6) is 8.35. The molecular weight excluding hydrogens is 288 g/mol. The Hall–Kier alpha value is 0. The van der Waals surface area contributed by atoms with Crippen molar-refractivity contribution in [2.24, 2.45) is 47.3 Å². The fourth-order valence-corrected chi connectivity index (χ4v) is 7.32. The van der Waals surface area contributed by atoms with Crippen molar-refractivity contribution in [1.82, 2.24) is 0 Å². The van der Waals surface area contributed by atoms with Gasteiger partial charge in [-0.15, -0.1) is 0 Å². The highest BCUT2D eigenvalue weighted by atomic mass is 14.4. The molecule has 3 rings (SSSR count). The highest BCUT2D eigenvalue weighted by Gasteiger charge is 2.38. The number of hydrogen-bond acceptors (Lipinski definition) is 0. The lowest BCUT2D eigenvalue weighted by atomic mass is 9.64. The van der Waals surface area contributed by atoms with Crippen LogP contribution in [0.15, 0.2) is 0 Å². The zero-order valence-corrected chi connectivity index (χ0v) is 17.1. The van der Waals surface area contributed by atoms with Gasteiger partial charge in [-0.1, -0.05) is 59.8 Å². The smallest absolute Gasteiger partial charge is 0.0360 e. The van der Waals surface area contributed by atoms with E-state index in [9.17, 15) is 0 Å². The van der Waals surface area contributed by atoms with Gasteiger partial charge in [0.15, 0.2) is 0 Å². The molecule has 3 aliphatic carbocycles. The van der Waals surface area contributed by atoms with Crippen molar-refractivity contribution in [3.05, 3.63) is 0 Å². The minimum Gasteiger partial charge on any atom is -0.0651 e. The van der Waals surface area contributed by atoms with E-state index in [4.69, 9.17) is 0 Å². The number of rotatable bonds is 3. The second-order valence-corrected chi connectivity index (χ2v) is 10.0. The second kappa shape index (κ2) is 8.59. The molecule has 0 aromatic rings. The summed E-state index contributed by atoms with van der Waals surface area (Å²) in [6, 6.07) is 0. The average Bonchev–Trinajstić information content (AvgIpc) is 2.97. The molecule has 8 atom stereocenters. The molecule has 0 amide bonds. The van der Waals surface area contributed by atoms with Crippen molar-refractivity contribution >= 4 is 0 Å². The summed E-state index contributed by atoms with van der Waals surface area (Å²) in [7, 11) is 0. The molecule has 140 valence electrons. The van der Waals surface area contributed by atoms with Gasteiger partial charge in [-0.2, -0.15) is 0 Å². The Morgan fingerprint density at radius 1 is 0.583 bits per heavy atom. The van der Waals surface area contributed by atoms with E-state index in [0.717, 1.165) is 47.3 Å². The highest BCUT2D eigenvalue weighted by molar-refractivity contribution is 4.89. The van der Waals surface area contributed by atoms with Gasteiger partial charge in [0, 0.05) is 0 Å². The maximum Gasteiger partial charge on any atom is -0.0360 e. The van der Waals surface area contributed by atoms with Gasteiger partial charge in [-0.05, 0) is 92.3 Å². The zero-order valence-electron chi connectivity index (χ0n) is 17.1. The monoisotopic (exact) mass is 332 g/mol. The van der Waals surface area contributed by atoms with E-state index in [-0.39, 0.29) is 0 Å². The highest BCUT2D eigenvalue weighted by Crippen LogP contribution is 2.49. The molecule has 0 heterocycles. The third-order valence-corrected chi connectivity index (χ3v) is 8.96. The van der Waals surface area contributed by atoms with E-state index in [0.29, 0.717) is 0 Å². The number of fused-ring (bicyclic) bond motifs is 1. The van der Waals surface area contributed by atoms with E-state index in [1.165, 1.54) is 38.5 Å². The minimum absolute atomic E-state index is 0.986. The SMILES string of the molecule is CCC1CCC(C2CCC3CCC(C)C3CCCC2C)CC1CC. The first-order valence-electron chi connectivity index (χ1n) is 11.6. The predicted molar refractivity (Wildman–Crippen MR) is 106 cm³/mol. The van der Waals surface area contributed by atoms with Crippen LogP contribution in [0.4, 0.5) is 0 Å². The van der Waals surface area contributed by atoms with Gasteiger partial charge in [-0.25, -0.2) is 0 Å². The van der Waals surface area contributed by atoms with Gasteiger partial charge in [0.2, 0.25) is 0 Å². The van der Waals surface area contributed by atoms with E-state index in [1.807, 2.05) is 0 Å². The molecule has 0 heteroatoms. The van der Waals surface area contributed by atoms with Crippen molar-refractivity contribution in [3.8, 4) is 0 Å². The Balaban J connectivity index is 1.65. The fraction of sp³-hybridized carbons (Fsp3) is 1.00. The molecule has 0 spiro atoms. The largest absolute Gasteiger partial charge is 0.0651 e. The summed E-state index contributed by atoms with van der Waals surface area (Å²) in [5, 5.41) is 0. The van der Waals surface area contributed by atoms with Crippen molar-refractivity contribution in [3.63, 3.8) is 0 Å². The summed E-state index contributed by atoms with van der Waals surface area (Å²) in [6.07, 6.45) is 18.3. The van der Waals surface area contributed by atoms with Crippen molar-refractivity contribution in [2.75, 3.05) is 0 Å². The molecule has 8 unspecified atom stereocenters. The van der Waals surface area contributed by atoms with Gasteiger partial charge in [-0.3, -0.25) is 0 Å². The topological polar surface area (TPSA) is 0 Å². The van der Waals surface area contributed by atoms with Gasteiger partial charge in [0.1, 0.15) is 0 Å². The predicted octanol–water partition coefficient (Wildman–Crippen LogP) is 7.72. The lowest BCUT2D eigenvalue weighted by Gasteiger charge is -2.41. The Labute approximate surface area is 152 Å². The first-order valence-corrected chi connectivity index (χ1v) is 11.6. The molecule has 0 aromatic carbocycles. The minimum atomic E-state index is 0.986. The van der Waals surface area contributed by atoms with Crippen molar-refractivity contribution in [2.45, 2.75) is 105 Å². The van der Waals surface area contributed by atoms with Crippen LogP contribution in [0, 0.1) is 47.3 Å². The van der Waals surface area contributed by atoms with Crippen LogP contribution in [-0.4, -0.2) is 0 Å². The molecular formula is C24H44. The van der Waals surface area contributed by atoms with Crippen LogP contribution in [0.2, 0.25) is 0 Å². The summed E-state index contributed by atoms with van der Waals surface area (Å²) in [4.78, 5) is 0. The summed E-state index contributed by atoms with van der Waals surface area (Å²) >= 11 is 0. The van der Waals surface area contributed by atoms with E-state index < -0.39 is 0 Å². The van der Waals surface area contributed by atoms with E-state index in [2.05, 4.69) is 27.7 Å². The molecule has 24 heavy (non-hydrogen) atoms. The summed E-state index contributed by atoms with van der Waals surface area (Å²) in [6.45, 7) is 10.0. The van der Waals surface area contributed by atoms with Crippen LogP contribution in [0.5, 0.6) is 0 Å². The Morgan fingerprint density at radius 2 is 1.21 bits per heavy atom. The summed E-state index contributed by atoms with van der Waals surface area (Å²) < 4.78 is 0. The van der Waals surface area contributed by atoms with E-state index >= 15 is 0 Å². The molecule has 3 fully saturated rings. The van der Waals surface area contributed by atoms with Crippen LogP contribution >= 0.6 is 0 Å². The maximum atomic E-state index is 2.61. The maximum absolute atomic E-state index is 2.61. The van der Waals surface area contributed by atoms with Crippen LogP contribution < -0.4 is 0 Å². The fourth-order valence-electron chi connectivity index (χ4n) is 7.32. The Kier molecular flexibility index (Phi) is 6.72. The van der Waals surface area contributed by atoms with Crippen molar-refractivity contribution in [1.29, 1.82) is 0 Å². The molecule has 0 radical (unpaired) electrons. The molecule has 0 bridgehead atoms. The lowest BCUT2D eigenvalue weighted by Crippen LogP contribution is -2.31.